The van der Waals surface area contributed by atoms with Gasteiger partial charge in [-0.15, -0.1) is 18.8 Å². The number of terminal acetylenes is 1. The largest absolute Gasteiger partial charge is 0.480 e. The van der Waals surface area contributed by atoms with Crippen molar-refractivity contribution >= 4 is 18.4 Å². The summed E-state index contributed by atoms with van der Waals surface area (Å²) in [4.78, 5) is 10.0. The lowest BCUT2D eigenvalue weighted by atomic mass is 10.3. The monoisotopic (exact) mass is 179 g/mol. The summed E-state index contributed by atoms with van der Waals surface area (Å²) in [5.41, 5.74) is 5.06. The summed E-state index contributed by atoms with van der Waals surface area (Å²) in [5.74, 6) is 1.11. The van der Waals surface area contributed by atoms with Crippen LogP contribution in [0.2, 0.25) is 0 Å². The molecule has 5 heteroatoms. The predicted molar refractivity (Wildman–Crippen MR) is 42.5 cm³/mol. The highest BCUT2D eigenvalue weighted by molar-refractivity contribution is 5.85. The van der Waals surface area contributed by atoms with Gasteiger partial charge in [-0.1, -0.05) is 5.92 Å². The second-order valence-electron chi connectivity index (χ2n) is 1.66. The van der Waals surface area contributed by atoms with Crippen molar-refractivity contribution in [2.75, 3.05) is 13.2 Å². The molecule has 0 spiro atoms. The van der Waals surface area contributed by atoms with E-state index in [1.807, 2.05) is 0 Å². The fourth-order valence-electron chi connectivity index (χ4n) is 0.316. The third-order valence-corrected chi connectivity index (χ3v) is 0.800. The number of carboxylic acids is 1. The number of hydrogen-bond donors (Lipinski definition) is 2. The Balaban J connectivity index is 0. The van der Waals surface area contributed by atoms with Crippen LogP contribution in [0.15, 0.2) is 0 Å². The van der Waals surface area contributed by atoms with Crippen molar-refractivity contribution in [1.29, 1.82) is 0 Å². The molecule has 11 heavy (non-hydrogen) atoms. The van der Waals surface area contributed by atoms with Crippen LogP contribution in [-0.2, 0) is 9.53 Å². The van der Waals surface area contributed by atoms with Gasteiger partial charge in [0.1, 0.15) is 12.6 Å². The molecule has 64 valence electrons. The van der Waals surface area contributed by atoms with Crippen LogP contribution in [0.5, 0.6) is 0 Å². The van der Waals surface area contributed by atoms with Gasteiger partial charge in [0, 0.05) is 0 Å². The quantitative estimate of drug-likeness (QED) is 0.450. The van der Waals surface area contributed by atoms with E-state index < -0.39 is 12.0 Å². The Kier molecular flexibility index (Phi) is 8.60. The van der Waals surface area contributed by atoms with Crippen LogP contribution in [0.25, 0.3) is 0 Å². The molecule has 0 heterocycles. The number of ether oxygens (including phenoxy) is 1. The van der Waals surface area contributed by atoms with E-state index in [1.54, 1.807) is 0 Å². The Bertz CT molecular complexity index is 154. The summed E-state index contributed by atoms with van der Waals surface area (Å²) in [6.45, 7) is 0.0561. The first-order chi connectivity index (χ1) is 4.68. The zero-order chi connectivity index (χ0) is 7.98. The maximum atomic E-state index is 10.0. The minimum absolute atomic E-state index is 0. The first-order valence-electron chi connectivity index (χ1n) is 2.68. The van der Waals surface area contributed by atoms with Gasteiger partial charge in [0.2, 0.25) is 0 Å². The van der Waals surface area contributed by atoms with Crippen molar-refractivity contribution in [3.8, 4) is 12.3 Å². The van der Waals surface area contributed by atoms with Gasteiger partial charge in [-0.05, 0) is 0 Å². The molecule has 0 aromatic carbocycles. The molecule has 3 N–H and O–H groups in total. The molecule has 0 saturated heterocycles. The van der Waals surface area contributed by atoms with E-state index >= 15 is 0 Å². The minimum Gasteiger partial charge on any atom is -0.480 e. The van der Waals surface area contributed by atoms with Gasteiger partial charge >= 0.3 is 5.97 Å². The summed E-state index contributed by atoms with van der Waals surface area (Å²) < 4.78 is 4.66. The van der Waals surface area contributed by atoms with Crippen LogP contribution in [0.1, 0.15) is 0 Å². The molecule has 0 saturated carbocycles. The summed E-state index contributed by atoms with van der Waals surface area (Å²) in [6, 6.07) is -0.978. The molecule has 0 unspecified atom stereocenters. The molecule has 0 aromatic rings. The molecule has 0 rings (SSSR count). The predicted octanol–water partition coefficient (Wildman–Crippen LogP) is -0.530. The molecule has 4 nitrogen and oxygen atoms in total. The summed E-state index contributed by atoms with van der Waals surface area (Å²) in [7, 11) is 0. The summed E-state index contributed by atoms with van der Waals surface area (Å²) in [6.07, 6.45) is 4.83. The van der Waals surface area contributed by atoms with Crippen LogP contribution in [-0.4, -0.2) is 30.3 Å². The average Bonchev–Trinajstić information content (AvgIpc) is 1.88. The molecule has 0 aliphatic rings. The summed E-state index contributed by atoms with van der Waals surface area (Å²) in [5, 5.41) is 8.22. The molecule has 0 amide bonds. The standard InChI is InChI=1S/C6H9NO3.ClH/c1-2-3-10-4-5(7)6(8)9;/h1,5H,3-4,7H2,(H,8,9);1H/t5-;/m0./s1. The maximum Gasteiger partial charge on any atom is 0.322 e. The number of halogens is 1. The van der Waals surface area contributed by atoms with Crippen LogP contribution in [0, 0.1) is 12.3 Å². The SMILES string of the molecule is C#CCOC[C@H](N)C(=O)O.Cl. The molecule has 0 radical (unpaired) electrons. The van der Waals surface area contributed by atoms with E-state index in [0.717, 1.165) is 0 Å². The van der Waals surface area contributed by atoms with Crippen LogP contribution < -0.4 is 5.73 Å². The lowest BCUT2D eigenvalue weighted by Crippen LogP contribution is -2.34. The Morgan fingerprint density at radius 3 is 2.73 bits per heavy atom. The highest BCUT2D eigenvalue weighted by Gasteiger charge is 2.09. The lowest BCUT2D eigenvalue weighted by molar-refractivity contribution is -0.139. The Morgan fingerprint density at radius 2 is 2.36 bits per heavy atom. The average molecular weight is 180 g/mol. The molecule has 0 bridgehead atoms. The minimum atomic E-state index is -1.09. The smallest absolute Gasteiger partial charge is 0.322 e. The fourth-order valence-corrected chi connectivity index (χ4v) is 0.316. The van der Waals surface area contributed by atoms with Crippen LogP contribution in [0.3, 0.4) is 0 Å². The van der Waals surface area contributed by atoms with Gasteiger partial charge in [0.15, 0.2) is 0 Å². The third-order valence-electron chi connectivity index (χ3n) is 0.800. The molecule has 0 aromatic heterocycles. The van der Waals surface area contributed by atoms with Crippen molar-refractivity contribution in [2.45, 2.75) is 6.04 Å². The highest BCUT2D eigenvalue weighted by atomic mass is 35.5. The Morgan fingerprint density at radius 1 is 1.82 bits per heavy atom. The first kappa shape index (κ1) is 12.9. The number of hydrogen-bond acceptors (Lipinski definition) is 3. The van der Waals surface area contributed by atoms with Gasteiger partial charge in [-0.2, -0.15) is 0 Å². The van der Waals surface area contributed by atoms with Gasteiger partial charge in [0.05, 0.1) is 6.61 Å². The van der Waals surface area contributed by atoms with Crippen LogP contribution >= 0.6 is 12.4 Å². The number of aliphatic carboxylic acids is 1. The van der Waals surface area contributed by atoms with Crippen molar-refractivity contribution < 1.29 is 14.6 Å². The van der Waals surface area contributed by atoms with E-state index in [9.17, 15) is 4.79 Å². The first-order valence-corrected chi connectivity index (χ1v) is 2.68. The van der Waals surface area contributed by atoms with Gasteiger partial charge in [0.25, 0.3) is 0 Å². The normalized spacial score (nSPS) is 10.9. The Hall–Kier alpha value is -0.760. The fraction of sp³-hybridized carbons (Fsp3) is 0.500. The van der Waals surface area contributed by atoms with E-state index in [4.69, 9.17) is 17.3 Å². The zero-order valence-corrected chi connectivity index (χ0v) is 6.63. The lowest BCUT2D eigenvalue weighted by Gasteiger charge is -2.03. The van der Waals surface area contributed by atoms with Crippen molar-refractivity contribution in [3.63, 3.8) is 0 Å². The zero-order valence-electron chi connectivity index (χ0n) is 5.82. The van der Waals surface area contributed by atoms with Gasteiger partial charge in [-0.25, -0.2) is 0 Å². The Labute approximate surface area is 71.1 Å². The number of nitrogens with two attached hydrogens (primary N) is 1. The van der Waals surface area contributed by atoms with Gasteiger partial charge in [-0.3, -0.25) is 4.79 Å². The second-order valence-corrected chi connectivity index (χ2v) is 1.66. The molecule has 0 aliphatic carbocycles. The topological polar surface area (TPSA) is 72.5 Å². The third kappa shape index (κ3) is 7.13. The molecule has 0 aliphatic heterocycles. The van der Waals surface area contributed by atoms with E-state index in [1.165, 1.54) is 0 Å². The van der Waals surface area contributed by atoms with Crippen molar-refractivity contribution in [2.24, 2.45) is 5.73 Å². The number of carbonyl (C=O) groups is 1. The van der Waals surface area contributed by atoms with E-state index in [0.29, 0.717) is 0 Å². The maximum absolute atomic E-state index is 10.0. The van der Waals surface area contributed by atoms with Crippen LogP contribution in [0.4, 0.5) is 0 Å². The molecule has 0 fully saturated rings. The van der Waals surface area contributed by atoms with Crippen molar-refractivity contribution in [1.82, 2.24) is 0 Å². The number of rotatable bonds is 4. The number of carboxylic acid groups (broad SMARTS) is 1. The van der Waals surface area contributed by atoms with E-state index in [2.05, 4.69) is 10.7 Å². The highest BCUT2D eigenvalue weighted by Crippen LogP contribution is 1.80. The summed E-state index contributed by atoms with van der Waals surface area (Å²) >= 11 is 0. The molecular weight excluding hydrogens is 170 g/mol. The van der Waals surface area contributed by atoms with Crippen molar-refractivity contribution in [3.05, 3.63) is 0 Å². The molecule has 1 atom stereocenters. The molecular formula is C6H10ClNO3. The van der Waals surface area contributed by atoms with Gasteiger partial charge < -0.3 is 15.6 Å². The van der Waals surface area contributed by atoms with E-state index in [-0.39, 0.29) is 25.6 Å². The second kappa shape index (κ2) is 7.35.